The van der Waals surface area contributed by atoms with Gasteiger partial charge in [0.15, 0.2) is 0 Å². The van der Waals surface area contributed by atoms with Crippen molar-refractivity contribution in [1.82, 2.24) is 20.1 Å². The minimum absolute atomic E-state index is 0.223. The first-order chi connectivity index (χ1) is 8.09. The second-order valence-electron chi connectivity index (χ2n) is 3.62. The van der Waals surface area contributed by atoms with Gasteiger partial charge in [-0.15, -0.1) is 11.3 Å². The molecule has 6 nitrogen and oxygen atoms in total. The Balaban J connectivity index is 2.10. The number of carbonyl (C=O) groups excluding carboxylic acids is 1. The molecule has 0 unspecified atom stereocenters. The largest absolute Gasteiger partial charge is 0.395 e. The molecule has 0 aromatic carbocycles. The zero-order chi connectivity index (χ0) is 12.4. The number of amides is 1. The summed E-state index contributed by atoms with van der Waals surface area (Å²) in [6.07, 6.45) is 1.72. The lowest BCUT2D eigenvalue weighted by Crippen LogP contribution is -2.25. The van der Waals surface area contributed by atoms with Gasteiger partial charge < -0.3 is 11.1 Å². The van der Waals surface area contributed by atoms with Gasteiger partial charge in [-0.1, -0.05) is 0 Å². The number of nitrogens with two attached hydrogens (primary N) is 1. The van der Waals surface area contributed by atoms with Crippen LogP contribution in [-0.2, 0) is 13.6 Å². The van der Waals surface area contributed by atoms with E-state index in [0.29, 0.717) is 23.6 Å². The van der Waals surface area contributed by atoms with Gasteiger partial charge >= 0.3 is 0 Å². The molecule has 90 valence electrons. The third-order valence-corrected chi connectivity index (χ3v) is 3.17. The van der Waals surface area contributed by atoms with Crippen molar-refractivity contribution in [3.63, 3.8) is 0 Å². The molecule has 2 aromatic heterocycles. The van der Waals surface area contributed by atoms with Crippen molar-refractivity contribution in [1.29, 1.82) is 0 Å². The molecular formula is C10H13N5OS. The molecule has 7 heteroatoms. The fourth-order valence-corrected chi connectivity index (χ4v) is 2.06. The highest BCUT2D eigenvalue weighted by atomic mass is 32.1. The number of nitrogens with zero attached hydrogens (tertiary/aromatic N) is 3. The molecular weight excluding hydrogens is 238 g/mol. The molecule has 0 atom stereocenters. The molecule has 0 radical (unpaired) electrons. The molecule has 3 N–H and O–H groups in total. The summed E-state index contributed by atoms with van der Waals surface area (Å²) in [4.78, 5) is 16.9. The number of hydrogen-bond donors (Lipinski definition) is 2. The Morgan fingerprint density at radius 3 is 2.94 bits per heavy atom. The predicted octanol–water partition coefficient (Wildman–Crippen LogP) is 0.697. The smallest absolute Gasteiger partial charge is 0.271 e. The van der Waals surface area contributed by atoms with Crippen molar-refractivity contribution in [2.24, 2.45) is 7.05 Å². The van der Waals surface area contributed by atoms with E-state index < -0.39 is 0 Å². The van der Waals surface area contributed by atoms with E-state index in [1.54, 1.807) is 25.7 Å². The van der Waals surface area contributed by atoms with Gasteiger partial charge in [0, 0.05) is 18.1 Å². The second kappa shape index (κ2) is 4.54. The molecule has 0 aliphatic carbocycles. The summed E-state index contributed by atoms with van der Waals surface area (Å²) in [5.41, 5.74) is 9.01. The number of carbonyl (C=O) groups is 1. The van der Waals surface area contributed by atoms with E-state index in [-0.39, 0.29) is 5.91 Å². The van der Waals surface area contributed by atoms with E-state index in [2.05, 4.69) is 15.4 Å². The third-order valence-electron chi connectivity index (χ3n) is 2.39. The predicted molar refractivity (Wildman–Crippen MR) is 65.6 cm³/mol. The van der Waals surface area contributed by atoms with E-state index in [1.807, 2.05) is 0 Å². The Bertz CT molecular complexity index is 531. The lowest BCUT2D eigenvalue weighted by atomic mass is 10.3. The van der Waals surface area contributed by atoms with E-state index in [1.165, 1.54) is 16.0 Å². The maximum atomic E-state index is 11.9. The Kier molecular flexibility index (Phi) is 3.10. The average molecular weight is 251 g/mol. The molecule has 2 aromatic rings. The van der Waals surface area contributed by atoms with Gasteiger partial charge in [0.2, 0.25) is 0 Å². The fraction of sp³-hybridized carbons (Fsp3) is 0.300. The number of hydrogen-bond acceptors (Lipinski definition) is 5. The van der Waals surface area contributed by atoms with Crippen LogP contribution in [0.15, 0.2) is 11.7 Å². The number of anilines is 1. The van der Waals surface area contributed by atoms with E-state index in [9.17, 15) is 4.79 Å². The van der Waals surface area contributed by atoms with Crippen molar-refractivity contribution >= 4 is 22.9 Å². The van der Waals surface area contributed by atoms with Crippen LogP contribution in [0.5, 0.6) is 0 Å². The van der Waals surface area contributed by atoms with Gasteiger partial charge in [-0.2, -0.15) is 5.10 Å². The van der Waals surface area contributed by atoms with Crippen molar-refractivity contribution < 1.29 is 4.79 Å². The van der Waals surface area contributed by atoms with Gasteiger partial charge in [-0.05, 0) is 6.92 Å². The summed E-state index contributed by atoms with van der Waals surface area (Å²) in [7, 11) is 1.70. The summed E-state index contributed by atoms with van der Waals surface area (Å²) < 4.78 is 1.49. The van der Waals surface area contributed by atoms with Crippen LogP contribution in [0.2, 0.25) is 0 Å². The highest BCUT2D eigenvalue weighted by Gasteiger charge is 2.17. The lowest BCUT2D eigenvalue weighted by molar-refractivity contribution is 0.0943. The van der Waals surface area contributed by atoms with Crippen LogP contribution in [0.4, 0.5) is 5.69 Å². The first-order valence-electron chi connectivity index (χ1n) is 5.04. The normalized spacial score (nSPS) is 10.5. The van der Waals surface area contributed by atoms with Crippen LogP contribution in [-0.4, -0.2) is 20.7 Å². The SMILES string of the molecule is Cc1nn(C)c(C(=O)NCc2cncs2)c1N. The van der Waals surface area contributed by atoms with Crippen molar-refractivity contribution in [2.45, 2.75) is 13.5 Å². The zero-order valence-corrected chi connectivity index (χ0v) is 10.4. The topological polar surface area (TPSA) is 85.8 Å². The Hall–Kier alpha value is -1.89. The molecule has 2 rings (SSSR count). The van der Waals surface area contributed by atoms with E-state index >= 15 is 0 Å². The maximum absolute atomic E-state index is 11.9. The number of rotatable bonds is 3. The highest BCUT2D eigenvalue weighted by Crippen LogP contribution is 2.15. The number of aromatic nitrogens is 3. The van der Waals surface area contributed by atoms with Gasteiger partial charge in [0.1, 0.15) is 5.69 Å². The zero-order valence-electron chi connectivity index (χ0n) is 9.60. The first kappa shape index (κ1) is 11.6. The molecule has 0 bridgehead atoms. The summed E-state index contributed by atoms with van der Waals surface area (Å²) in [6.45, 7) is 2.22. The van der Waals surface area contributed by atoms with Gasteiger partial charge in [0.25, 0.3) is 5.91 Å². The van der Waals surface area contributed by atoms with Crippen LogP contribution < -0.4 is 11.1 Å². The fourth-order valence-electron chi connectivity index (χ4n) is 1.52. The molecule has 0 aliphatic rings. The molecule has 17 heavy (non-hydrogen) atoms. The molecule has 2 heterocycles. The summed E-state index contributed by atoms with van der Waals surface area (Å²) in [5, 5.41) is 6.88. The standard InChI is InChI=1S/C10H13N5OS/c1-6-8(11)9(15(2)14-6)10(16)13-4-7-3-12-5-17-7/h3,5H,4,11H2,1-2H3,(H,13,16). The number of aryl methyl sites for hydroxylation is 2. The van der Waals surface area contributed by atoms with Crippen LogP contribution in [0.25, 0.3) is 0 Å². The van der Waals surface area contributed by atoms with Crippen LogP contribution in [0, 0.1) is 6.92 Å². The molecule has 0 aliphatic heterocycles. The Morgan fingerprint density at radius 1 is 1.65 bits per heavy atom. The quantitative estimate of drug-likeness (QED) is 0.840. The second-order valence-corrected chi connectivity index (χ2v) is 4.59. The molecule has 0 saturated heterocycles. The number of nitrogens with one attached hydrogen (secondary N) is 1. The summed E-state index contributed by atoms with van der Waals surface area (Å²) >= 11 is 1.49. The minimum atomic E-state index is -0.223. The van der Waals surface area contributed by atoms with E-state index in [0.717, 1.165) is 4.88 Å². The Labute approximate surface area is 102 Å². The Morgan fingerprint density at radius 2 is 2.41 bits per heavy atom. The van der Waals surface area contributed by atoms with Crippen LogP contribution in [0.3, 0.4) is 0 Å². The monoisotopic (exact) mass is 251 g/mol. The highest BCUT2D eigenvalue weighted by molar-refractivity contribution is 7.09. The first-order valence-corrected chi connectivity index (χ1v) is 5.92. The minimum Gasteiger partial charge on any atom is -0.395 e. The lowest BCUT2D eigenvalue weighted by Gasteiger charge is -2.04. The maximum Gasteiger partial charge on any atom is 0.271 e. The summed E-state index contributed by atoms with van der Waals surface area (Å²) in [6, 6.07) is 0. The van der Waals surface area contributed by atoms with Crippen molar-refractivity contribution in [3.8, 4) is 0 Å². The van der Waals surface area contributed by atoms with Gasteiger partial charge in [-0.25, -0.2) is 0 Å². The van der Waals surface area contributed by atoms with Crippen LogP contribution in [0.1, 0.15) is 21.1 Å². The van der Waals surface area contributed by atoms with Crippen LogP contribution >= 0.6 is 11.3 Å². The number of thiazole rings is 1. The van der Waals surface area contributed by atoms with Crippen molar-refractivity contribution in [2.75, 3.05) is 5.73 Å². The molecule has 0 fully saturated rings. The molecule has 0 saturated carbocycles. The van der Waals surface area contributed by atoms with E-state index in [4.69, 9.17) is 5.73 Å². The number of nitrogen functional groups attached to an aromatic ring is 1. The summed E-state index contributed by atoms with van der Waals surface area (Å²) in [5.74, 6) is -0.223. The third kappa shape index (κ3) is 2.28. The molecule has 1 amide bonds. The molecule has 0 spiro atoms. The van der Waals surface area contributed by atoms with Gasteiger partial charge in [0.05, 0.1) is 23.4 Å². The van der Waals surface area contributed by atoms with Gasteiger partial charge in [-0.3, -0.25) is 14.5 Å². The average Bonchev–Trinajstić information content (AvgIpc) is 2.86. The van der Waals surface area contributed by atoms with Crippen molar-refractivity contribution in [3.05, 3.63) is 28.0 Å².